The Labute approximate surface area is 205 Å². The van der Waals surface area contributed by atoms with Crippen LogP contribution in [0.4, 0.5) is 10.1 Å². The third kappa shape index (κ3) is 5.68. The summed E-state index contributed by atoms with van der Waals surface area (Å²) in [7, 11) is -4.56. The number of aliphatic hydroxyl groups excluding tert-OH is 1. The zero-order chi connectivity index (χ0) is 26.0. The highest BCUT2D eigenvalue weighted by atomic mass is 31.2. The number of amides is 3. The minimum atomic E-state index is -4.56. The fourth-order valence-corrected chi connectivity index (χ4v) is 4.49. The van der Waals surface area contributed by atoms with Gasteiger partial charge in [-0.25, -0.2) is 4.39 Å². The average Bonchev–Trinajstić information content (AvgIpc) is 3.27. The van der Waals surface area contributed by atoms with E-state index in [1.807, 2.05) is 0 Å². The third-order valence-corrected chi connectivity index (χ3v) is 6.44. The first kappa shape index (κ1) is 25.6. The Morgan fingerprint density at radius 2 is 1.94 bits per heavy atom. The van der Waals surface area contributed by atoms with Crippen molar-refractivity contribution in [1.82, 2.24) is 15.2 Å². The lowest BCUT2D eigenvalue weighted by atomic mass is 9.92. The monoisotopic (exact) mass is 518 g/mol. The van der Waals surface area contributed by atoms with Gasteiger partial charge in [0.15, 0.2) is 6.10 Å². The fraction of sp³-hybridized carbons (Fsp3) is 0.304. The predicted molar refractivity (Wildman–Crippen MR) is 126 cm³/mol. The number of aliphatic hydroxyl groups is 1. The highest BCUT2D eigenvalue weighted by Gasteiger charge is 2.38. The van der Waals surface area contributed by atoms with Crippen molar-refractivity contribution in [2.75, 3.05) is 24.7 Å². The highest BCUT2D eigenvalue weighted by Crippen LogP contribution is 2.35. The number of benzene rings is 1. The van der Waals surface area contributed by atoms with Crippen LogP contribution in [0.3, 0.4) is 0 Å². The van der Waals surface area contributed by atoms with Crippen molar-refractivity contribution in [2.45, 2.75) is 25.4 Å². The van der Waals surface area contributed by atoms with Gasteiger partial charge in [0.25, 0.3) is 5.91 Å². The number of rotatable bonds is 7. The van der Waals surface area contributed by atoms with Gasteiger partial charge in [0, 0.05) is 36.9 Å². The minimum Gasteiger partial charge on any atom is -0.379 e. The second kappa shape index (κ2) is 10.3. The van der Waals surface area contributed by atoms with E-state index < -0.39 is 37.7 Å². The molecular formula is C23H24FN4O7P. The van der Waals surface area contributed by atoms with E-state index in [0.717, 1.165) is 16.0 Å². The molecule has 3 amide bonds. The number of likely N-dealkylation sites (tertiary alicyclic amines) is 1. The van der Waals surface area contributed by atoms with Gasteiger partial charge >= 0.3 is 7.60 Å². The van der Waals surface area contributed by atoms with E-state index in [-0.39, 0.29) is 42.2 Å². The maximum Gasteiger partial charge on any atom is 0.344 e. The Morgan fingerprint density at radius 1 is 1.22 bits per heavy atom. The van der Waals surface area contributed by atoms with Gasteiger partial charge in [0.2, 0.25) is 11.8 Å². The highest BCUT2D eigenvalue weighted by molar-refractivity contribution is 7.51. The number of fused-ring (bicyclic) bond motifs is 1. The quantitative estimate of drug-likeness (QED) is 0.332. The van der Waals surface area contributed by atoms with Crippen LogP contribution in [0.2, 0.25) is 0 Å². The molecule has 0 aliphatic carbocycles. The molecule has 13 heteroatoms. The lowest BCUT2D eigenvalue weighted by Crippen LogP contribution is -2.43. The maximum atomic E-state index is 13.2. The van der Waals surface area contributed by atoms with Gasteiger partial charge in [-0.05, 0) is 42.2 Å². The summed E-state index contributed by atoms with van der Waals surface area (Å²) in [4.78, 5) is 61.4. The van der Waals surface area contributed by atoms with Crippen molar-refractivity contribution in [3.8, 4) is 0 Å². The van der Waals surface area contributed by atoms with Gasteiger partial charge in [0.1, 0.15) is 12.1 Å². The molecule has 36 heavy (non-hydrogen) atoms. The Hall–Kier alpha value is -3.44. The van der Waals surface area contributed by atoms with E-state index in [1.165, 1.54) is 18.3 Å². The molecule has 190 valence electrons. The summed E-state index contributed by atoms with van der Waals surface area (Å²) in [5.41, 5.74) is 1.78. The molecule has 1 unspecified atom stereocenters. The summed E-state index contributed by atoms with van der Waals surface area (Å²) in [5, 5.41) is 16.1. The van der Waals surface area contributed by atoms with Gasteiger partial charge in [-0.1, -0.05) is 12.1 Å². The van der Waals surface area contributed by atoms with E-state index in [1.54, 1.807) is 18.2 Å². The number of hydrogen-bond acceptors (Lipinski definition) is 7. The number of anilines is 1. The molecule has 1 saturated heterocycles. The maximum absolute atomic E-state index is 13.2. The Kier molecular flexibility index (Phi) is 7.32. The van der Waals surface area contributed by atoms with Crippen LogP contribution in [-0.4, -0.2) is 68.0 Å². The summed E-state index contributed by atoms with van der Waals surface area (Å²) in [6, 6.07) is 7.65. The van der Waals surface area contributed by atoms with Crippen LogP contribution in [0.25, 0.3) is 5.57 Å². The number of halogens is 1. The SMILES string of the molecule is O=C(NCP(=O)(O)O)C1=C(C(O)C(=O)N2CCCC2=O)c2ncc(Cc3ccc(F)cc3)cc2NC1. The topological polar surface area (TPSA) is 169 Å². The van der Waals surface area contributed by atoms with E-state index >= 15 is 0 Å². The van der Waals surface area contributed by atoms with Crippen molar-refractivity contribution in [3.05, 3.63) is 64.7 Å². The molecule has 3 heterocycles. The van der Waals surface area contributed by atoms with Gasteiger partial charge in [-0.3, -0.25) is 28.8 Å². The second-order valence-corrected chi connectivity index (χ2v) is 10.2. The van der Waals surface area contributed by atoms with Crippen molar-refractivity contribution < 1.29 is 38.2 Å². The lowest BCUT2D eigenvalue weighted by molar-refractivity contribution is -0.145. The molecule has 1 fully saturated rings. The van der Waals surface area contributed by atoms with Crippen LogP contribution in [0, 0.1) is 5.82 Å². The zero-order valence-electron chi connectivity index (χ0n) is 19.0. The molecule has 1 atom stereocenters. The molecule has 4 rings (SSSR count). The molecule has 0 radical (unpaired) electrons. The van der Waals surface area contributed by atoms with E-state index in [2.05, 4.69) is 15.6 Å². The molecule has 0 bridgehead atoms. The summed E-state index contributed by atoms with van der Waals surface area (Å²) >= 11 is 0. The standard InChI is InChI=1S/C23H24FN4O7P/c24-15-5-3-13(4-6-15)8-14-9-17-20(26-10-14)19(21(30)23(32)28-7-1-2-18(28)29)16(11-25-17)22(31)27-12-36(33,34)35/h3-6,9-10,21,25,30H,1-2,7-8,11-12H2,(H,27,31)(H2,33,34,35). The van der Waals surface area contributed by atoms with Gasteiger partial charge in [0.05, 0.1) is 11.4 Å². The average molecular weight is 518 g/mol. The lowest BCUT2D eigenvalue weighted by Gasteiger charge is -2.28. The Balaban J connectivity index is 1.70. The van der Waals surface area contributed by atoms with E-state index in [0.29, 0.717) is 18.5 Å². The number of carbonyl (C=O) groups excluding carboxylic acids is 3. The minimum absolute atomic E-state index is 0.0953. The van der Waals surface area contributed by atoms with Crippen LogP contribution in [0.1, 0.15) is 29.7 Å². The molecule has 1 aromatic heterocycles. The molecule has 2 aliphatic heterocycles. The van der Waals surface area contributed by atoms with E-state index in [4.69, 9.17) is 9.79 Å². The molecule has 11 nitrogen and oxygen atoms in total. The number of imide groups is 1. The molecular weight excluding hydrogens is 494 g/mol. The second-order valence-electron chi connectivity index (χ2n) is 8.51. The number of nitrogens with zero attached hydrogens (tertiary/aromatic N) is 2. The molecule has 0 saturated carbocycles. The van der Waals surface area contributed by atoms with Crippen LogP contribution in [0.15, 0.2) is 42.1 Å². The zero-order valence-corrected chi connectivity index (χ0v) is 19.9. The third-order valence-electron chi connectivity index (χ3n) is 5.87. The number of pyridine rings is 1. The van der Waals surface area contributed by atoms with Crippen LogP contribution >= 0.6 is 7.60 Å². The van der Waals surface area contributed by atoms with Crippen molar-refractivity contribution in [3.63, 3.8) is 0 Å². The number of carbonyl (C=O) groups is 3. The molecule has 2 aromatic rings. The summed E-state index contributed by atoms with van der Waals surface area (Å²) < 4.78 is 24.4. The van der Waals surface area contributed by atoms with Crippen molar-refractivity contribution >= 4 is 36.6 Å². The summed E-state index contributed by atoms with van der Waals surface area (Å²) in [6.07, 6.45) is -0.321. The van der Waals surface area contributed by atoms with Crippen LogP contribution < -0.4 is 10.6 Å². The molecule has 1 aromatic carbocycles. The molecule has 5 N–H and O–H groups in total. The number of hydrogen-bond donors (Lipinski definition) is 5. The first-order chi connectivity index (χ1) is 17.0. The largest absolute Gasteiger partial charge is 0.379 e. The Morgan fingerprint density at radius 3 is 2.58 bits per heavy atom. The Bertz CT molecular complexity index is 1290. The fourth-order valence-electron chi connectivity index (χ4n) is 4.14. The first-order valence-electron chi connectivity index (χ1n) is 11.1. The number of nitrogens with one attached hydrogen (secondary N) is 2. The molecule has 2 aliphatic rings. The van der Waals surface area contributed by atoms with E-state index in [9.17, 15) is 28.4 Å². The first-order valence-corrected chi connectivity index (χ1v) is 12.9. The van der Waals surface area contributed by atoms with Crippen LogP contribution in [-0.2, 0) is 25.4 Å². The van der Waals surface area contributed by atoms with Gasteiger partial charge in [-0.15, -0.1) is 0 Å². The molecule has 0 spiro atoms. The predicted octanol–water partition coefficient (Wildman–Crippen LogP) is 0.752. The number of aromatic nitrogens is 1. The van der Waals surface area contributed by atoms with Gasteiger partial charge in [-0.2, -0.15) is 0 Å². The van der Waals surface area contributed by atoms with Crippen molar-refractivity contribution in [2.24, 2.45) is 0 Å². The van der Waals surface area contributed by atoms with Gasteiger partial charge < -0.3 is 25.5 Å². The smallest absolute Gasteiger partial charge is 0.344 e. The van der Waals surface area contributed by atoms with Crippen molar-refractivity contribution in [1.29, 1.82) is 0 Å². The summed E-state index contributed by atoms with van der Waals surface area (Å²) in [5.74, 6) is -2.61. The van der Waals surface area contributed by atoms with Crippen LogP contribution in [0.5, 0.6) is 0 Å². The summed E-state index contributed by atoms with van der Waals surface area (Å²) in [6.45, 7) is -0.0355. The normalized spacial score (nSPS) is 16.4.